The highest BCUT2D eigenvalue weighted by molar-refractivity contribution is 6.09. The molecule has 2 N–H and O–H groups in total. The predicted molar refractivity (Wildman–Crippen MR) is 65.1 cm³/mol. The van der Waals surface area contributed by atoms with E-state index in [2.05, 4.69) is 4.98 Å². The number of nitrogen functional groups attached to an aromatic ring is 1. The lowest BCUT2D eigenvalue weighted by atomic mass is 10.0. The number of carbonyl (C=O) groups is 1. The van der Waals surface area contributed by atoms with Crippen LogP contribution in [0.2, 0.25) is 0 Å². The number of carbonyl (C=O) groups excluding carboxylic acids is 1. The molecule has 0 radical (unpaired) electrons. The Morgan fingerprint density at radius 1 is 1.29 bits per heavy atom. The summed E-state index contributed by atoms with van der Waals surface area (Å²) in [7, 11) is 1.54. The summed E-state index contributed by atoms with van der Waals surface area (Å²) in [6, 6.07) is 8.41. The maximum Gasteiger partial charge on any atom is 0.194 e. The average Bonchev–Trinajstić information content (AvgIpc) is 2.39. The van der Waals surface area contributed by atoms with Crippen LogP contribution in [0.15, 0.2) is 42.7 Å². The van der Waals surface area contributed by atoms with Crippen LogP contribution in [-0.2, 0) is 0 Å². The summed E-state index contributed by atoms with van der Waals surface area (Å²) < 4.78 is 5.04. The molecule has 17 heavy (non-hydrogen) atoms. The van der Waals surface area contributed by atoms with E-state index < -0.39 is 0 Å². The van der Waals surface area contributed by atoms with Crippen LogP contribution in [0.3, 0.4) is 0 Å². The lowest BCUT2D eigenvalue weighted by Gasteiger charge is -2.06. The fourth-order valence-corrected chi connectivity index (χ4v) is 1.54. The summed E-state index contributed by atoms with van der Waals surface area (Å²) in [5.74, 6) is 0.459. The van der Waals surface area contributed by atoms with Crippen molar-refractivity contribution < 1.29 is 9.53 Å². The number of nitrogens with two attached hydrogens (primary N) is 1. The molecule has 2 rings (SSSR count). The first-order chi connectivity index (χ1) is 8.22. The van der Waals surface area contributed by atoms with Gasteiger partial charge >= 0.3 is 0 Å². The zero-order valence-corrected chi connectivity index (χ0v) is 9.38. The smallest absolute Gasteiger partial charge is 0.194 e. The molecule has 0 aliphatic heterocycles. The number of methoxy groups -OCH3 is 1. The Hall–Kier alpha value is -2.36. The Labute approximate surface area is 99.1 Å². The first-order valence-corrected chi connectivity index (χ1v) is 5.10. The quantitative estimate of drug-likeness (QED) is 0.643. The Bertz CT molecular complexity index is 538. The lowest BCUT2D eigenvalue weighted by Crippen LogP contribution is -2.03. The van der Waals surface area contributed by atoms with Crippen molar-refractivity contribution in [2.24, 2.45) is 0 Å². The third-order valence-corrected chi connectivity index (χ3v) is 2.42. The van der Waals surface area contributed by atoms with Crippen molar-refractivity contribution in [1.82, 2.24) is 4.98 Å². The van der Waals surface area contributed by atoms with Gasteiger partial charge in [0.25, 0.3) is 0 Å². The Morgan fingerprint density at radius 3 is 2.71 bits per heavy atom. The molecule has 0 saturated heterocycles. The number of benzene rings is 1. The molecule has 4 nitrogen and oxygen atoms in total. The molecule has 0 aliphatic rings. The van der Waals surface area contributed by atoms with Crippen molar-refractivity contribution in [2.45, 2.75) is 0 Å². The Morgan fingerprint density at radius 2 is 2.12 bits per heavy atom. The van der Waals surface area contributed by atoms with Crippen LogP contribution in [0, 0.1) is 0 Å². The van der Waals surface area contributed by atoms with Crippen LogP contribution in [-0.4, -0.2) is 17.9 Å². The number of aromatic nitrogens is 1. The summed E-state index contributed by atoms with van der Waals surface area (Å²) in [4.78, 5) is 16.0. The van der Waals surface area contributed by atoms with E-state index in [1.165, 1.54) is 13.3 Å². The van der Waals surface area contributed by atoms with Gasteiger partial charge in [0, 0.05) is 23.5 Å². The zero-order chi connectivity index (χ0) is 12.3. The van der Waals surface area contributed by atoms with Gasteiger partial charge in [0.2, 0.25) is 0 Å². The number of rotatable bonds is 3. The van der Waals surface area contributed by atoms with Crippen LogP contribution >= 0.6 is 0 Å². The van der Waals surface area contributed by atoms with Crippen LogP contribution in [0.25, 0.3) is 0 Å². The van der Waals surface area contributed by atoms with Gasteiger partial charge in [-0.05, 0) is 30.3 Å². The topological polar surface area (TPSA) is 65.2 Å². The Kier molecular flexibility index (Phi) is 3.05. The monoisotopic (exact) mass is 228 g/mol. The zero-order valence-electron chi connectivity index (χ0n) is 9.38. The number of ether oxygens (including phenoxy) is 1. The normalized spacial score (nSPS) is 9.94. The molecule has 2 aromatic rings. The maximum absolute atomic E-state index is 12.1. The van der Waals surface area contributed by atoms with Gasteiger partial charge in [-0.25, -0.2) is 0 Å². The van der Waals surface area contributed by atoms with E-state index in [0.717, 1.165) is 0 Å². The third-order valence-electron chi connectivity index (χ3n) is 2.42. The Balaban J connectivity index is 2.35. The minimum absolute atomic E-state index is 0.104. The summed E-state index contributed by atoms with van der Waals surface area (Å²) >= 11 is 0. The lowest BCUT2D eigenvalue weighted by molar-refractivity contribution is 0.103. The van der Waals surface area contributed by atoms with E-state index in [9.17, 15) is 4.79 Å². The van der Waals surface area contributed by atoms with Gasteiger partial charge in [-0.1, -0.05) is 0 Å². The summed E-state index contributed by atoms with van der Waals surface area (Å²) in [6.45, 7) is 0. The van der Waals surface area contributed by atoms with Crippen LogP contribution in [0.4, 0.5) is 5.69 Å². The minimum Gasteiger partial charge on any atom is -0.495 e. The number of nitrogens with zero attached hydrogens (tertiary/aromatic N) is 1. The van der Waals surface area contributed by atoms with Gasteiger partial charge in [-0.15, -0.1) is 0 Å². The highest BCUT2D eigenvalue weighted by Gasteiger charge is 2.10. The van der Waals surface area contributed by atoms with E-state index in [4.69, 9.17) is 10.5 Å². The summed E-state index contributed by atoms with van der Waals surface area (Å²) in [6.07, 6.45) is 3.15. The third kappa shape index (κ3) is 2.25. The van der Waals surface area contributed by atoms with Crippen LogP contribution in [0.5, 0.6) is 5.75 Å². The second-order valence-electron chi connectivity index (χ2n) is 3.53. The molecule has 0 aliphatic carbocycles. The standard InChI is InChI=1S/C13H12N2O2/c1-17-12-5-4-9(7-11(12)14)13(16)10-3-2-6-15-8-10/h2-8H,14H2,1H3. The molecule has 1 aromatic heterocycles. The molecule has 0 saturated carbocycles. The van der Waals surface area contributed by atoms with Gasteiger partial charge < -0.3 is 10.5 Å². The van der Waals surface area contributed by atoms with Crippen LogP contribution < -0.4 is 10.5 Å². The highest BCUT2D eigenvalue weighted by atomic mass is 16.5. The number of hydrogen-bond acceptors (Lipinski definition) is 4. The molecule has 4 heteroatoms. The second kappa shape index (κ2) is 4.65. The highest BCUT2D eigenvalue weighted by Crippen LogP contribution is 2.23. The van der Waals surface area contributed by atoms with Crippen molar-refractivity contribution in [3.63, 3.8) is 0 Å². The fraction of sp³-hybridized carbons (Fsp3) is 0.0769. The van der Waals surface area contributed by atoms with Crippen molar-refractivity contribution >= 4 is 11.5 Å². The SMILES string of the molecule is COc1ccc(C(=O)c2cccnc2)cc1N. The molecule has 0 spiro atoms. The van der Waals surface area contributed by atoms with Gasteiger partial charge in [-0.2, -0.15) is 0 Å². The average molecular weight is 228 g/mol. The fourth-order valence-electron chi connectivity index (χ4n) is 1.54. The molecular weight excluding hydrogens is 216 g/mol. The van der Waals surface area contributed by atoms with Crippen molar-refractivity contribution in [2.75, 3.05) is 12.8 Å². The summed E-state index contributed by atoms with van der Waals surface area (Å²) in [5, 5.41) is 0. The van der Waals surface area contributed by atoms with Crippen molar-refractivity contribution in [3.05, 3.63) is 53.9 Å². The van der Waals surface area contributed by atoms with E-state index in [1.54, 1.807) is 36.5 Å². The van der Waals surface area contributed by atoms with E-state index in [1.807, 2.05) is 0 Å². The number of anilines is 1. The predicted octanol–water partition coefficient (Wildman–Crippen LogP) is 1.90. The van der Waals surface area contributed by atoms with Crippen LogP contribution in [0.1, 0.15) is 15.9 Å². The second-order valence-corrected chi connectivity index (χ2v) is 3.53. The molecular formula is C13H12N2O2. The van der Waals surface area contributed by atoms with Gasteiger partial charge in [0.1, 0.15) is 5.75 Å². The molecule has 0 amide bonds. The maximum atomic E-state index is 12.1. The summed E-state index contributed by atoms with van der Waals surface area (Å²) in [5.41, 5.74) is 7.26. The van der Waals surface area contributed by atoms with Gasteiger partial charge in [-0.3, -0.25) is 9.78 Å². The van der Waals surface area contributed by atoms with E-state index in [0.29, 0.717) is 22.6 Å². The molecule has 0 unspecified atom stereocenters. The van der Waals surface area contributed by atoms with E-state index >= 15 is 0 Å². The number of ketones is 1. The molecule has 1 aromatic carbocycles. The van der Waals surface area contributed by atoms with Crippen molar-refractivity contribution in [1.29, 1.82) is 0 Å². The molecule has 1 heterocycles. The molecule has 0 fully saturated rings. The number of pyridine rings is 1. The van der Waals surface area contributed by atoms with E-state index in [-0.39, 0.29) is 5.78 Å². The van der Waals surface area contributed by atoms with Gasteiger partial charge in [0.15, 0.2) is 5.78 Å². The number of hydrogen-bond donors (Lipinski definition) is 1. The van der Waals surface area contributed by atoms with Gasteiger partial charge in [0.05, 0.1) is 12.8 Å². The molecule has 0 bridgehead atoms. The minimum atomic E-state index is -0.104. The van der Waals surface area contributed by atoms with Crippen molar-refractivity contribution in [3.8, 4) is 5.75 Å². The first kappa shape index (κ1) is 11.1. The first-order valence-electron chi connectivity index (χ1n) is 5.10. The molecule has 86 valence electrons. The molecule has 0 atom stereocenters. The largest absolute Gasteiger partial charge is 0.495 e.